The zero-order valence-electron chi connectivity index (χ0n) is 16.5. The number of fused-ring (bicyclic) bond motifs is 1. The number of thioether (sulfide) groups is 1. The van der Waals surface area contributed by atoms with Crippen LogP contribution >= 0.6 is 34.4 Å². The molecule has 0 amide bonds. The first kappa shape index (κ1) is 20.2. The molecule has 0 atom stereocenters. The van der Waals surface area contributed by atoms with Gasteiger partial charge in [0.25, 0.3) is 5.56 Å². The van der Waals surface area contributed by atoms with Crippen LogP contribution in [0.2, 0.25) is 0 Å². The molecule has 5 rings (SSSR count). The molecule has 0 saturated carbocycles. The van der Waals surface area contributed by atoms with Gasteiger partial charge in [-0.2, -0.15) is 0 Å². The van der Waals surface area contributed by atoms with Gasteiger partial charge < -0.3 is 4.57 Å². The predicted octanol–water partition coefficient (Wildman–Crippen LogP) is 4.53. The molecule has 5 aromatic rings. The highest BCUT2D eigenvalue weighted by Crippen LogP contribution is 2.24. The van der Waals surface area contributed by atoms with Crippen molar-refractivity contribution in [2.75, 3.05) is 0 Å². The molecule has 0 fully saturated rings. The molecule has 4 aromatic heterocycles. The van der Waals surface area contributed by atoms with Crippen molar-refractivity contribution in [1.29, 1.82) is 0 Å². The Kier molecular flexibility index (Phi) is 5.97. The van der Waals surface area contributed by atoms with E-state index < -0.39 is 0 Å². The Labute approximate surface area is 191 Å². The van der Waals surface area contributed by atoms with Crippen molar-refractivity contribution >= 4 is 39.4 Å². The smallest absolute Gasteiger partial charge is 0.258 e. The van der Waals surface area contributed by atoms with Crippen LogP contribution in [0.4, 0.5) is 0 Å². The summed E-state index contributed by atoms with van der Waals surface area (Å²) < 4.78 is 3.77. The summed E-state index contributed by atoms with van der Waals surface area (Å²) in [7, 11) is 0. The van der Waals surface area contributed by atoms with Gasteiger partial charge in [-0.05, 0) is 23.4 Å². The SMILES string of the molecule is O=c1cc(CSc2nnc(Cc3cccs3)n2CCc2ccccc2)nc2sccn12. The molecule has 0 saturated heterocycles. The third-order valence-corrected chi connectivity index (χ3v) is 7.51. The average molecular weight is 466 g/mol. The van der Waals surface area contributed by atoms with E-state index in [0.717, 1.165) is 36.1 Å². The Morgan fingerprint density at radius 3 is 2.74 bits per heavy atom. The van der Waals surface area contributed by atoms with Crippen molar-refractivity contribution in [3.8, 4) is 0 Å². The average Bonchev–Trinajstić information content (AvgIpc) is 3.54. The van der Waals surface area contributed by atoms with E-state index >= 15 is 0 Å². The molecule has 0 bridgehead atoms. The van der Waals surface area contributed by atoms with Gasteiger partial charge in [-0.15, -0.1) is 32.9 Å². The quantitative estimate of drug-likeness (QED) is 0.315. The van der Waals surface area contributed by atoms with E-state index in [2.05, 4.69) is 61.5 Å². The first-order valence-electron chi connectivity index (χ1n) is 9.83. The van der Waals surface area contributed by atoms with Gasteiger partial charge in [0.2, 0.25) is 0 Å². The molecule has 0 spiro atoms. The topological polar surface area (TPSA) is 65.1 Å². The monoisotopic (exact) mass is 465 g/mol. The summed E-state index contributed by atoms with van der Waals surface area (Å²) in [5, 5.41) is 13.8. The molecule has 0 aliphatic rings. The molecule has 0 unspecified atom stereocenters. The summed E-state index contributed by atoms with van der Waals surface area (Å²) in [6.45, 7) is 0.806. The largest absolute Gasteiger partial charge is 0.305 e. The van der Waals surface area contributed by atoms with Crippen LogP contribution in [0.1, 0.15) is 22.0 Å². The molecule has 0 aliphatic heterocycles. The van der Waals surface area contributed by atoms with E-state index in [1.807, 2.05) is 11.4 Å². The Morgan fingerprint density at radius 1 is 1.00 bits per heavy atom. The van der Waals surface area contributed by atoms with Crippen LogP contribution in [-0.4, -0.2) is 24.1 Å². The number of thiophene rings is 1. The fraction of sp³-hybridized carbons (Fsp3) is 0.182. The molecule has 0 N–H and O–H groups in total. The second-order valence-electron chi connectivity index (χ2n) is 6.97. The normalized spacial score (nSPS) is 11.4. The summed E-state index contributed by atoms with van der Waals surface area (Å²) in [4.78, 5) is 18.9. The van der Waals surface area contributed by atoms with Gasteiger partial charge in [0.15, 0.2) is 10.1 Å². The lowest BCUT2D eigenvalue weighted by Gasteiger charge is -2.10. The summed E-state index contributed by atoms with van der Waals surface area (Å²) in [6, 6.07) is 16.2. The highest BCUT2D eigenvalue weighted by Gasteiger charge is 2.15. The minimum absolute atomic E-state index is 0.0502. The van der Waals surface area contributed by atoms with Crippen molar-refractivity contribution in [1.82, 2.24) is 24.1 Å². The van der Waals surface area contributed by atoms with Gasteiger partial charge in [0.05, 0.1) is 5.69 Å². The standard InChI is InChI=1S/C22H19N5OS3/c28-20-13-17(23-21-27(20)10-12-30-21)15-31-22-25-24-19(14-18-7-4-11-29-18)26(22)9-8-16-5-2-1-3-6-16/h1-7,10-13H,8-9,14-15H2. The van der Waals surface area contributed by atoms with Crippen LogP contribution in [-0.2, 0) is 25.1 Å². The van der Waals surface area contributed by atoms with E-state index in [1.165, 1.54) is 21.8 Å². The van der Waals surface area contributed by atoms with Crippen molar-refractivity contribution in [2.24, 2.45) is 0 Å². The minimum atomic E-state index is -0.0502. The van der Waals surface area contributed by atoms with Crippen molar-refractivity contribution in [3.63, 3.8) is 0 Å². The Balaban J connectivity index is 1.38. The number of thiazole rings is 1. The maximum absolute atomic E-state index is 12.3. The molecule has 6 nitrogen and oxygen atoms in total. The molecule has 4 heterocycles. The highest BCUT2D eigenvalue weighted by atomic mass is 32.2. The number of hydrogen-bond acceptors (Lipinski definition) is 7. The van der Waals surface area contributed by atoms with Crippen LogP contribution in [0.15, 0.2) is 75.4 Å². The number of hydrogen-bond donors (Lipinski definition) is 0. The number of nitrogens with zero attached hydrogens (tertiary/aromatic N) is 5. The maximum atomic E-state index is 12.3. The van der Waals surface area contributed by atoms with Gasteiger partial charge in [-0.3, -0.25) is 9.20 Å². The molecular formula is C22H19N5OS3. The third-order valence-electron chi connectivity index (χ3n) is 4.88. The molecule has 1 aromatic carbocycles. The molecular weight excluding hydrogens is 446 g/mol. The molecule has 9 heteroatoms. The van der Waals surface area contributed by atoms with Gasteiger partial charge >= 0.3 is 0 Å². The second kappa shape index (κ2) is 9.17. The maximum Gasteiger partial charge on any atom is 0.258 e. The van der Waals surface area contributed by atoms with E-state index in [4.69, 9.17) is 0 Å². The van der Waals surface area contributed by atoms with E-state index in [0.29, 0.717) is 10.7 Å². The fourth-order valence-electron chi connectivity index (χ4n) is 3.34. The third kappa shape index (κ3) is 4.63. The van der Waals surface area contributed by atoms with Crippen LogP contribution in [0.5, 0.6) is 0 Å². The van der Waals surface area contributed by atoms with Crippen LogP contribution in [0.3, 0.4) is 0 Å². The first-order valence-corrected chi connectivity index (χ1v) is 12.6. The van der Waals surface area contributed by atoms with Crippen molar-refractivity contribution in [3.05, 3.63) is 97.8 Å². The first-order chi connectivity index (χ1) is 15.3. The summed E-state index contributed by atoms with van der Waals surface area (Å²) in [5.74, 6) is 1.54. The lowest BCUT2D eigenvalue weighted by Crippen LogP contribution is -2.12. The molecule has 0 aliphatic carbocycles. The number of benzene rings is 1. The number of aryl methyl sites for hydroxylation is 1. The second-order valence-corrected chi connectivity index (χ2v) is 9.82. The van der Waals surface area contributed by atoms with Crippen molar-refractivity contribution < 1.29 is 0 Å². The van der Waals surface area contributed by atoms with E-state index in [-0.39, 0.29) is 5.56 Å². The highest BCUT2D eigenvalue weighted by molar-refractivity contribution is 7.98. The Bertz CT molecular complexity index is 1340. The van der Waals surface area contributed by atoms with Crippen LogP contribution in [0.25, 0.3) is 4.96 Å². The molecule has 31 heavy (non-hydrogen) atoms. The molecule has 156 valence electrons. The van der Waals surface area contributed by atoms with E-state index in [9.17, 15) is 4.79 Å². The Hall–Kier alpha value is -2.75. The van der Waals surface area contributed by atoms with Gasteiger partial charge in [-0.25, -0.2) is 4.98 Å². The summed E-state index contributed by atoms with van der Waals surface area (Å²) >= 11 is 4.77. The van der Waals surface area contributed by atoms with Gasteiger partial charge in [0.1, 0.15) is 5.82 Å². The zero-order chi connectivity index (χ0) is 21.0. The number of aromatic nitrogens is 5. The minimum Gasteiger partial charge on any atom is -0.305 e. The predicted molar refractivity (Wildman–Crippen MR) is 126 cm³/mol. The van der Waals surface area contributed by atoms with Crippen LogP contribution in [0, 0.1) is 0 Å². The lowest BCUT2D eigenvalue weighted by atomic mass is 10.1. The number of rotatable bonds is 8. The van der Waals surface area contributed by atoms with Gasteiger partial charge in [0, 0.05) is 41.2 Å². The Morgan fingerprint density at radius 2 is 1.90 bits per heavy atom. The van der Waals surface area contributed by atoms with E-state index in [1.54, 1.807) is 39.8 Å². The summed E-state index contributed by atoms with van der Waals surface area (Å²) in [5.41, 5.74) is 1.99. The van der Waals surface area contributed by atoms with Crippen LogP contribution < -0.4 is 5.56 Å². The summed E-state index contributed by atoms with van der Waals surface area (Å²) in [6.07, 6.45) is 3.43. The van der Waals surface area contributed by atoms with Crippen molar-refractivity contribution in [2.45, 2.75) is 30.3 Å². The van der Waals surface area contributed by atoms with Gasteiger partial charge in [-0.1, -0.05) is 48.2 Å². The zero-order valence-corrected chi connectivity index (χ0v) is 19.0. The molecule has 0 radical (unpaired) electrons. The fourth-order valence-corrected chi connectivity index (χ4v) is 5.65. The lowest BCUT2D eigenvalue weighted by molar-refractivity contribution is 0.610.